The molecule has 1 unspecified atom stereocenters. The molecule has 2 rings (SSSR count). The first kappa shape index (κ1) is 14.0. The second kappa shape index (κ2) is 4.59. The number of hydrogen-bond donors (Lipinski definition) is 2. The monoisotopic (exact) mass is 274 g/mol. The first-order valence-corrected chi connectivity index (χ1v) is 6.13. The van der Waals surface area contributed by atoms with E-state index >= 15 is 0 Å². The Bertz CT molecular complexity index is 471. The summed E-state index contributed by atoms with van der Waals surface area (Å²) in [7, 11) is 0. The van der Waals surface area contributed by atoms with Crippen LogP contribution in [0.3, 0.4) is 0 Å². The molecule has 0 aliphatic carbocycles. The third-order valence-corrected chi connectivity index (χ3v) is 3.34. The van der Waals surface area contributed by atoms with Crippen LogP contribution >= 0.6 is 0 Å². The van der Waals surface area contributed by atoms with Gasteiger partial charge in [0.05, 0.1) is 11.2 Å². The molecule has 3 nitrogen and oxygen atoms in total. The number of nitrogen functional groups attached to an aromatic ring is 1. The maximum absolute atomic E-state index is 13.0. The first-order valence-electron chi connectivity index (χ1n) is 6.13. The topological polar surface area (TPSA) is 49.5 Å². The van der Waals surface area contributed by atoms with Gasteiger partial charge in [-0.05, 0) is 38.0 Å². The highest BCUT2D eigenvalue weighted by Crippen LogP contribution is 2.39. The average molecular weight is 274 g/mol. The van der Waals surface area contributed by atoms with Gasteiger partial charge in [0, 0.05) is 24.5 Å². The van der Waals surface area contributed by atoms with E-state index in [-0.39, 0.29) is 17.9 Å². The fourth-order valence-corrected chi connectivity index (χ4v) is 2.48. The van der Waals surface area contributed by atoms with Gasteiger partial charge in [-0.25, -0.2) is 0 Å². The minimum Gasteiger partial charge on any atom is -0.399 e. The molecule has 19 heavy (non-hydrogen) atoms. The molecule has 0 spiro atoms. The highest BCUT2D eigenvalue weighted by Gasteiger charge is 2.37. The third-order valence-electron chi connectivity index (χ3n) is 3.34. The fourth-order valence-electron chi connectivity index (χ4n) is 2.48. The molecule has 0 aromatic heterocycles. The smallest absolute Gasteiger partial charge is 0.399 e. The number of β-amino-alcohol motifs (C(OH)–C–C–N with tert-alkyl or cyclic N) is 1. The average Bonchev–Trinajstić information content (AvgIpc) is 2.26. The van der Waals surface area contributed by atoms with Crippen molar-refractivity contribution >= 4 is 11.4 Å². The molecule has 106 valence electrons. The van der Waals surface area contributed by atoms with E-state index in [1.54, 1.807) is 11.8 Å². The molecule has 0 amide bonds. The summed E-state index contributed by atoms with van der Waals surface area (Å²) in [6.07, 6.45) is -3.19. The van der Waals surface area contributed by atoms with Gasteiger partial charge in [0.25, 0.3) is 0 Å². The van der Waals surface area contributed by atoms with E-state index in [9.17, 15) is 18.3 Å². The molecule has 1 fully saturated rings. The van der Waals surface area contributed by atoms with Crippen molar-refractivity contribution in [1.29, 1.82) is 0 Å². The van der Waals surface area contributed by atoms with Gasteiger partial charge in [-0.3, -0.25) is 0 Å². The number of anilines is 2. The van der Waals surface area contributed by atoms with Crippen LogP contribution in [0.2, 0.25) is 0 Å². The van der Waals surface area contributed by atoms with Gasteiger partial charge >= 0.3 is 6.18 Å². The zero-order chi connectivity index (χ0) is 14.3. The van der Waals surface area contributed by atoms with Crippen molar-refractivity contribution in [3.05, 3.63) is 23.8 Å². The number of piperidine rings is 1. The van der Waals surface area contributed by atoms with E-state index in [1.165, 1.54) is 12.1 Å². The van der Waals surface area contributed by atoms with E-state index in [0.717, 1.165) is 6.07 Å². The maximum atomic E-state index is 13.0. The quantitative estimate of drug-likeness (QED) is 0.774. The van der Waals surface area contributed by atoms with E-state index in [4.69, 9.17) is 5.73 Å². The Morgan fingerprint density at radius 3 is 2.63 bits per heavy atom. The summed E-state index contributed by atoms with van der Waals surface area (Å²) in [5.41, 5.74) is 3.91. The third kappa shape index (κ3) is 3.12. The van der Waals surface area contributed by atoms with Crippen LogP contribution in [0.15, 0.2) is 18.2 Å². The molecule has 0 saturated carbocycles. The first-order chi connectivity index (χ1) is 8.69. The molecule has 3 N–H and O–H groups in total. The van der Waals surface area contributed by atoms with Gasteiger partial charge in [-0.15, -0.1) is 0 Å². The summed E-state index contributed by atoms with van der Waals surface area (Å²) in [5.74, 6) is 0. The zero-order valence-corrected chi connectivity index (χ0v) is 10.7. The second-order valence-corrected chi connectivity index (χ2v) is 5.30. The van der Waals surface area contributed by atoms with Crippen molar-refractivity contribution in [2.24, 2.45) is 0 Å². The van der Waals surface area contributed by atoms with E-state index < -0.39 is 17.3 Å². The van der Waals surface area contributed by atoms with Crippen LogP contribution in [-0.4, -0.2) is 23.8 Å². The van der Waals surface area contributed by atoms with Crippen molar-refractivity contribution < 1.29 is 18.3 Å². The van der Waals surface area contributed by atoms with Crippen LogP contribution in [0.1, 0.15) is 25.3 Å². The minimum atomic E-state index is -4.45. The fraction of sp³-hybridized carbons (Fsp3) is 0.538. The number of rotatable bonds is 1. The van der Waals surface area contributed by atoms with Crippen molar-refractivity contribution in [1.82, 2.24) is 0 Å². The van der Waals surface area contributed by atoms with Gasteiger partial charge in [-0.2, -0.15) is 13.2 Å². The molecular formula is C13H17F3N2O. The maximum Gasteiger partial charge on any atom is 0.418 e. The lowest BCUT2D eigenvalue weighted by Gasteiger charge is -2.39. The largest absolute Gasteiger partial charge is 0.418 e. The Morgan fingerprint density at radius 2 is 2.05 bits per heavy atom. The second-order valence-electron chi connectivity index (χ2n) is 5.30. The van der Waals surface area contributed by atoms with Crippen LogP contribution < -0.4 is 10.6 Å². The number of alkyl halides is 3. The van der Waals surface area contributed by atoms with Gasteiger partial charge in [0.15, 0.2) is 0 Å². The Balaban J connectivity index is 2.39. The highest BCUT2D eigenvalue weighted by molar-refractivity contribution is 5.61. The molecule has 1 saturated heterocycles. The molecule has 1 heterocycles. The molecule has 0 radical (unpaired) electrons. The van der Waals surface area contributed by atoms with Crippen LogP contribution in [-0.2, 0) is 6.18 Å². The Labute approximate surface area is 109 Å². The molecule has 1 atom stereocenters. The Kier molecular flexibility index (Phi) is 3.38. The normalized spacial score (nSPS) is 24.6. The molecular weight excluding hydrogens is 257 g/mol. The molecule has 1 aliphatic heterocycles. The number of benzene rings is 1. The lowest BCUT2D eigenvalue weighted by atomic mass is 9.94. The van der Waals surface area contributed by atoms with Gasteiger partial charge < -0.3 is 15.7 Å². The van der Waals surface area contributed by atoms with E-state index in [2.05, 4.69) is 0 Å². The predicted octanol–water partition coefficient (Wildman–Crippen LogP) is 2.64. The number of nitrogens with two attached hydrogens (primary N) is 1. The molecule has 1 aromatic carbocycles. The molecule has 6 heteroatoms. The Morgan fingerprint density at radius 1 is 1.37 bits per heavy atom. The van der Waals surface area contributed by atoms with Gasteiger partial charge in [0.1, 0.15) is 0 Å². The number of hydrogen-bond acceptors (Lipinski definition) is 3. The lowest BCUT2D eigenvalue weighted by molar-refractivity contribution is -0.137. The summed E-state index contributed by atoms with van der Waals surface area (Å²) in [5, 5.41) is 10.0. The van der Waals surface area contributed by atoms with Crippen LogP contribution in [0.5, 0.6) is 0 Å². The summed E-state index contributed by atoms with van der Waals surface area (Å²) in [6, 6.07) is 3.77. The highest BCUT2D eigenvalue weighted by atomic mass is 19.4. The summed E-state index contributed by atoms with van der Waals surface area (Å²) in [6.45, 7) is 2.34. The SMILES string of the molecule is CC1(O)CCCN(c2ccc(N)cc2C(F)(F)F)C1. The predicted molar refractivity (Wildman–Crippen MR) is 67.9 cm³/mol. The number of halogens is 3. The molecule has 0 bridgehead atoms. The zero-order valence-electron chi connectivity index (χ0n) is 10.7. The van der Waals surface area contributed by atoms with Crippen molar-refractivity contribution in [3.63, 3.8) is 0 Å². The van der Waals surface area contributed by atoms with Crippen LogP contribution in [0, 0.1) is 0 Å². The van der Waals surface area contributed by atoms with Crippen molar-refractivity contribution in [2.75, 3.05) is 23.7 Å². The molecule has 1 aromatic rings. The standard InChI is InChI=1S/C13H17F3N2O/c1-12(19)5-2-6-18(8-12)11-4-3-9(17)7-10(11)13(14,15)16/h3-4,7,19H,2,5-6,8,17H2,1H3. The summed E-state index contributed by atoms with van der Waals surface area (Å²) < 4.78 is 39.1. The Hall–Kier alpha value is -1.43. The van der Waals surface area contributed by atoms with Crippen LogP contribution in [0.25, 0.3) is 0 Å². The van der Waals surface area contributed by atoms with E-state index in [1.807, 2.05) is 0 Å². The lowest BCUT2D eigenvalue weighted by Crippen LogP contribution is -2.46. The molecule has 1 aliphatic rings. The summed E-state index contributed by atoms with van der Waals surface area (Å²) in [4.78, 5) is 1.58. The van der Waals surface area contributed by atoms with Crippen molar-refractivity contribution in [2.45, 2.75) is 31.5 Å². The number of nitrogens with zero attached hydrogens (tertiary/aromatic N) is 1. The van der Waals surface area contributed by atoms with E-state index in [0.29, 0.717) is 19.4 Å². The van der Waals surface area contributed by atoms with Gasteiger partial charge in [0.2, 0.25) is 0 Å². The van der Waals surface area contributed by atoms with Gasteiger partial charge in [-0.1, -0.05) is 0 Å². The summed E-state index contributed by atoms with van der Waals surface area (Å²) >= 11 is 0. The minimum absolute atomic E-state index is 0.0832. The number of aliphatic hydroxyl groups is 1. The van der Waals surface area contributed by atoms with Crippen molar-refractivity contribution in [3.8, 4) is 0 Å². The van der Waals surface area contributed by atoms with Crippen LogP contribution in [0.4, 0.5) is 24.5 Å².